The zero-order valence-electron chi connectivity index (χ0n) is 10.1. The predicted molar refractivity (Wildman–Crippen MR) is 75.3 cm³/mol. The molecule has 0 amide bonds. The highest BCUT2D eigenvalue weighted by atomic mass is 32.2. The SMILES string of the molecule is CC1CN(CCCCCCS)CC(C)S1. The monoisotopic (exact) mass is 247 g/mol. The van der Waals surface area contributed by atoms with Gasteiger partial charge < -0.3 is 4.90 Å². The molecule has 90 valence electrons. The average Bonchev–Trinajstić information content (AvgIpc) is 2.16. The molecule has 0 bridgehead atoms. The molecule has 0 saturated carbocycles. The van der Waals surface area contributed by atoms with E-state index in [1.54, 1.807) is 0 Å². The summed E-state index contributed by atoms with van der Waals surface area (Å²) in [7, 11) is 0. The standard InChI is InChI=1S/C12H25NS2/c1-11-9-13(10-12(2)15-11)7-5-3-4-6-8-14/h11-12,14H,3-10H2,1-2H3. The molecule has 1 saturated heterocycles. The summed E-state index contributed by atoms with van der Waals surface area (Å²) in [5.41, 5.74) is 0. The maximum atomic E-state index is 4.23. The van der Waals surface area contributed by atoms with Gasteiger partial charge in [-0.05, 0) is 25.1 Å². The van der Waals surface area contributed by atoms with Gasteiger partial charge >= 0.3 is 0 Å². The molecule has 1 aliphatic heterocycles. The molecule has 0 spiro atoms. The minimum Gasteiger partial charge on any atom is -0.301 e. The third-order valence-electron chi connectivity index (χ3n) is 2.88. The molecule has 0 aromatic heterocycles. The fourth-order valence-electron chi connectivity index (χ4n) is 2.27. The summed E-state index contributed by atoms with van der Waals surface area (Å²) in [5, 5.41) is 1.65. The Kier molecular flexibility index (Phi) is 7.19. The summed E-state index contributed by atoms with van der Waals surface area (Å²) in [6.45, 7) is 8.60. The van der Waals surface area contributed by atoms with E-state index in [-0.39, 0.29) is 0 Å². The van der Waals surface area contributed by atoms with Gasteiger partial charge in [-0.2, -0.15) is 24.4 Å². The van der Waals surface area contributed by atoms with E-state index < -0.39 is 0 Å². The molecule has 3 heteroatoms. The van der Waals surface area contributed by atoms with Gasteiger partial charge in [0.1, 0.15) is 0 Å². The zero-order chi connectivity index (χ0) is 11.1. The molecule has 1 heterocycles. The lowest BCUT2D eigenvalue weighted by Gasteiger charge is -2.34. The number of unbranched alkanes of at least 4 members (excludes halogenated alkanes) is 3. The van der Waals surface area contributed by atoms with Crippen LogP contribution in [0, 0.1) is 0 Å². The Morgan fingerprint density at radius 3 is 2.27 bits per heavy atom. The summed E-state index contributed by atoms with van der Waals surface area (Å²) < 4.78 is 0. The molecular formula is C12H25NS2. The second-order valence-corrected chi connectivity index (χ2v) is 6.98. The second kappa shape index (κ2) is 7.86. The van der Waals surface area contributed by atoms with Crippen molar-refractivity contribution in [2.45, 2.75) is 50.0 Å². The highest BCUT2D eigenvalue weighted by Gasteiger charge is 2.21. The van der Waals surface area contributed by atoms with Crippen molar-refractivity contribution in [1.29, 1.82) is 0 Å². The number of hydrogen-bond donors (Lipinski definition) is 1. The van der Waals surface area contributed by atoms with Crippen molar-refractivity contribution < 1.29 is 0 Å². The lowest BCUT2D eigenvalue weighted by atomic mass is 10.2. The first kappa shape index (κ1) is 13.7. The Balaban J connectivity index is 2.04. The van der Waals surface area contributed by atoms with Crippen molar-refractivity contribution in [3.63, 3.8) is 0 Å². The van der Waals surface area contributed by atoms with Crippen LogP contribution < -0.4 is 0 Å². The highest BCUT2D eigenvalue weighted by molar-refractivity contribution is 8.00. The number of nitrogens with zero attached hydrogens (tertiary/aromatic N) is 1. The average molecular weight is 247 g/mol. The molecule has 0 radical (unpaired) electrons. The molecule has 0 N–H and O–H groups in total. The van der Waals surface area contributed by atoms with Gasteiger partial charge in [-0.25, -0.2) is 0 Å². The van der Waals surface area contributed by atoms with Gasteiger partial charge in [0.05, 0.1) is 0 Å². The van der Waals surface area contributed by atoms with E-state index in [9.17, 15) is 0 Å². The lowest BCUT2D eigenvalue weighted by molar-refractivity contribution is 0.264. The van der Waals surface area contributed by atoms with E-state index in [0.29, 0.717) is 0 Å². The van der Waals surface area contributed by atoms with E-state index in [1.165, 1.54) is 45.3 Å². The van der Waals surface area contributed by atoms with E-state index in [4.69, 9.17) is 0 Å². The van der Waals surface area contributed by atoms with Gasteiger partial charge in [-0.15, -0.1) is 0 Å². The zero-order valence-corrected chi connectivity index (χ0v) is 11.8. The van der Waals surface area contributed by atoms with Crippen LogP contribution in [-0.2, 0) is 0 Å². The van der Waals surface area contributed by atoms with Crippen LogP contribution in [0.15, 0.2) is 0 Å². The number of thioether (sulfide) groups is 1. The minimum atomic E-state index is 0.825. The van der Waals surface area contributed by atoms with Gasteiger partial charge in [0.15, 0.2) is 0 Å². The Morgan fingerprint density at radius 2 is 1.67 bits per heavy atom. The normalized spacial score (nSPS) is 28.2. The second-order valence-electron chi connectivity index (χ2n) is 4.65. The van der Waals surface area contributed by atoms with E-state index in [1.807, 2.05) is 0 Å². The molecule has 1 nitrogen and oxygen atoms in total. The summed E-state index contributed by atoms with van der Waals surface area (Å²) in [6, 6.07) is 0. The van der Waals surface area contributed by atoms with Crippen molar-refractivity contribution in [2.75, 3.05) is 25.4 Å². The maximum absolute atomic E-state index is 4.23. The fourth-order valence-corrected chi connectivity index (χ4v) is 3.88. The van der Waals surface area contributed by atoms with E-state index in [0.717, 1.165) is 16.3 Å². The summed E-state index contributed by atoms with van der Waals surface area (Å²) >= 11 is 6.38. The van der Waals surface area contributed by atoms with Crippen LogP contribution in [0.25, 0.3) is 0 Å². The van der Waals surface area contributed by atoms with Gasteiger partial charge in [0.2, 0.25) is 0 Å². The van der Waals surface area contributed by atoms with Crippen LogP contribution in [0.4, 0.5) is 0 Å². The minimum absolute atomic E-state index is 0.825. The molecule has 2 atom stereocenters. The molecule has 1 rings (SSSR count). The number of thiol groups is 1. The van der Waals surface area contributed by atoms with Crippen molar-refractivity contribution in [3.05, 3.63) is 0 Å². The Hall–Kier alpha value is 0.660. The summed E-state index contributed by atoms with van der Waals surface area (Å²) in [5.74, 6) is 1.05. The first-order valence-corrected chi connectivity index (χ1v) is 7.78. The molecule has 0 aromatic carbocycles. The maximum Gasteiger partial charge on any atom is 0.0149 e. The van der Waals surface area contributed by atoms with Crippen molar-refractivity contribution >= 4 is 24.4 Å². The highest BCUT2D eigenvalue weighted by Crippen LogP contribution is 2.24. The quantitative estimate of drug-likeness (QED) is 0.567. The summed E-state index contributed by atoms with van der Waals surface area (Å²) in [6.07, 6.45) is 5.40. The first-order valence-electron chi connectivity index (χ1n) is 6.21. The smallest absolute Gasteiger partial charge is 0.0149 e. The number of hydrogen-bond acceptors (Lipinski definition) is 3. The van der Waals surface area contributed by atoms with Crippen molar-refractivity contribution in [1.82, 2.24) is 4.90 Å². The van der Waals surface area contributed by atoms with Crippen LogP contribution in [0.2, 0.25) is 0 Å². The van der Waals surface area contributed by atoms with Gasteiger partial charge in [0, 0.05) is 23.6 Å². The first-order chi connectivity index (χ1) is 7.22. The topological polar surface area (TPSA) is 3.24 Å². The van der Waals surface area contributed by atoms with Crippen LogP contribution in [-0.4, -0.2) is 40.8 Å². The van der Waals surface area contributed by atoms with Crippen LogP contribution in [0.1, 0.15) is 39.5 Å². The summed E-state index contributed by atoms with van der Waals surface area (Å²) in [4.78, 5) is 2.65. The molecule has 15 heavy (non-hydrogen) atoms. The Bertz CT molecular complexity index is 154. The lowest BCUT2D eigenvalue weighted by Crippen LogP contribution is -2.40. The molecule has 1 fully saturated rings. The van der Waals surface area contributed by atoms with Crippen LogP contribution >= 0.6 is 24.4 Å². The van der Waals surface area contributed by atoms with E-state index in [2.05, 4.69) is 43.1 Å². The molecular weight excluding hydrogens is 222 g/mol. The third kappa shape index (κ3) is 6.08. The van der Waals surface area contributed by atoms with Gasteiger partial charge in [0.25, 0.3) is 0 Å². The molecule has 0 aromatic rings. The Morgan fingerprint density at radius 1 is 1.07 bits per heavy atom. The third-order valence-corrected chi connectivity index (χ3v) is 4.42. The van der Waals surface area contributed by atoms with Crippen molar-refractivity contribution in [2.24, 2.45) is 0 Å². The van der Waals surface area contributed by atoms with Crippen molar-refractivity contribution in [3.8, 4) is 0 Å². The van der Waals surface area contributed by atoms with Gasteiger partial charge in [-0.3, -0.25) is 0 Å². The van der Waals surface area contributed by atoms with Gasteiger partial charge in [-0.1, -0.05) is 26.7 Å². The van der Waals surface area contributed by atoms with Crippen LogP contribution in [0.5, 0.6) is 0 Å². The largest absolute Gasteiger partial charge is 0.301 e. The van der Waals surface area contributed by atoms with E-state index >= 15 is 0 Å². The number of rotatable bonds is 6. The fraction of sp³-hybridized carbons (Fsp3) is 1.00. The molecule has 2 unspecified atom stereocenters. The predicted octanol–water partition coefficient (Wildman–Crippen LogP) is 3.30. The Labute approximate surface area is 105 Å². The molecule has 0 aliphatic carbocycles. The molecule has 1 aliphatic rings. The van der Waals surface area contributed by atoms with Crippen LogP contribution in [0.3, 0.4) is 0 Å².